The van der Waals surface area contributed by atoms with Gasteiger partial charge in [-0.05, 0) is 19.2 Å². The summed E-state index contributed by atoms with van der Waals surface area (Å²) in [5.41, 5.74) is 1.90. The van der Waals surface area contributed by atoms with Crippen molar-refractivity contribution >= 4 is 28.2 Å². The highest BCUT2D eigenvalue weighted by Gasteiger charge is 2.16. The number of rotatable bonds is 3. The molecule has 1 aromatic carbocycles. The first kappa shape index (κ1) is 14.8. The van der Waals surface area contributed by atoms with E-state index in [1.165, 1.54) is 0 Å². The number of likely N-dealkylation sites (N-methyl/N-ethyl adjacent to an activating group) is 1. The first-order valence-corrected chi connectivity index (χ1v) is 8.16. The molecule has 0 bridgehead atoms. The molecular weight excluding hydrogens is 300 g/mol. The van der Waals surface area contributed by atoms with Crippen molar-refractivity contribution in [2.24, 2.45) is 0 Å². The molecule has 2 aromatic heterocycles. The fraction of sp³-hybridized carbons (Fsp3) is 0.278. The predicted molar refractivity (Wildman–Crippen MR) is 96.8 cm³/mol. The molecule has 122 valence electrons. The topological polar surface area (TPSA) is 57.2 Å². The number of hydrogen-bond acceptors (Lipinski definition) is 6. The molecule has 0 spiro atoms. The van der Waals surface area contributed by atoms with E-state index in [2.05, 4.69) is 49.2 Å². The van der Waals surface area contributed by atoms with Crippen LogP contribution in [0.25, 0.3) is 10.9 Å². The molecule has 1 aliphatic rings. The number of benzene rings is 1. The molecule has 0 saturated carbocycles. The highest BCUT2D eigenvalue weighted by atomic mass is 15.3. The summed E-state index contributed by atoms with van der Waals surface area (Å²) >= 11 is 0. The summed E-state index contributed by atoms with van der Waals surface area (Å²) in [6, 6.07) is 12.1. The van der Waals surface area contributed by atoms with E-state index >= 15 is 0 Å². The fourth-order valence-corrected chi connectivity index (χ4v) is 2.97. The normalized spacial score (nSPS) is 15.6. The van der Waals surface area contributed by atoms with Crippen molar-refractivity contribution in [3.63, 3.8) is 0 Å². The van der Waals surface area contributed by atoms with Gasteiger partial charge in [-0.15, -0.1) is 0 Å². The van der Waals surface area contributed by atoms with Crippen molar-refractivity contribution in [3.8, 4) is 0 Å². The Hall–Kier alpha value is -2.73. The van der Waals surface area contributed by atoms with Crippen molar-refractivity contribution in [2.45, 2.75) is 0 Å². The molecule has 1 saturated heterocycles. The van der Waals surface area contributed by atoms with E-state index in [-0.39, 0.29) is 0 Å². The van der Waals surface area contributed by atoms with E-state index in [1.54, 1.807) is 6.33 Å². The van der Waals surface area contributed by atoms with E-state index in [0.29, 0.717) is 0 Å². The molecule has 0 atom stereocenters. The summed E-state index contributed by atoms with van der Waals surface area (Å²) < 4.78 is 0. The third kappa shape index (κ3) is 3.00. The summed E-state index contributed by atoms with van der Waals surface area (Å²) in [6.45, 7) is 4.09. The molecule has 0 aliphatic carbocycles. The van der Waals surface area contributed by atoms with Crippen LogP contribution >= 0.6 is 0 Å². The summed E-state index contributed by atoms with van der Waals surface area (Å²) in [5, 5.41) is 4.49. The van der Waals surface area contributed by atoms with E-state index in [0.717, 1.165) is 54.4 Å². The molecule has 3 heterocycles. The Kier molecular flexibility index (Phi) is 3.96. The van der Waals surface area contributed by atoms with Gasteiger partial charge in [-0.25, -0.2) is 9.97 Å². The van der Waals surface area contributed by atoms with Crippen molar-refractivity contribution in [1.29, 1.82) is 0 Å². The first-order chi connectivity index (χ1) is 11.8. The Labute approximate surface area is 141 Å². The monoisotopic (exact) mass is 320 g/mol. The van der Waals surface area contributed by atoms with E-state index in [9.17, 15) is 0 Å². The number of nitrogens with zero attached hydrogens (tertiary/aromatic N) is 5. The molecule has 6 nitrogen and oxygen atoms in total. The lowest BCUT2D eigenvalue weighted by Gasteiger charge is -2.33. The Morgan fingerprint density at radius 1 is 0.958 bits per heavy atom. The molecule has 1 aliphatic heterocycles. The van der Waals surface area contributed by atoms with E-state index in [4.69, 9.17) is 0 Å². The maximum atomic E-state index is 4.48. The van der Waals surface area contributed by atoms with Crippen molar-refractivity contribution in [2.75, 3.05) is 43.4 Å². The molecule has 6 heteroatoms. The summed E-state index contributed by atoms with van der Waals surface area (Å²) in [6.07, 6.45) is 3.43. The van der Waals surface area contributed by atoms with Crippen LogP contribution in [0.3, 0.4) is 0 Å². The molecule has 0 radical (unpaired) electrons. The standard InChI is InChI=1S/C18H20N6/c1-23-8-10-24(11-9-23)17-12-16(20-13-21-17)22-15-6-2-4-14-5-3-7-19-18(14)15/h2-7,12-13H,8-11H2,1H3,(H,20,21,22). The number of hydrogen-bond donors (Lipinski definition) is 1. The van der Waals surface area contributed by atoms with Gasteiger partial charge in [0.2, 0.25) is 0 Å². The van der Waals surface area contributed by atoms with Gasteiger partial charge in [0.15, 0.2) is 0 Å². The highest BCUT2D eigenvalue weighted by Crippen LogP contribution is 2.25. The average Bonchev–Trinajstić information content (AvgIpc) is 2.63. The summed E-state index contributed by atoms with van der Waals surface area (Å²) in [5.74, 6) is 1.76. The Morgan fingerprint density at radius 3 is 2.67 bits per heavy atom. The number of anilines is 3. The number of pyridine rings is 1. The largest absolute Gasteiger partial charge is 0.354 e. The minimum absolute atomic E-state index is 0.789. The van der Waals surface area contributed by atoms with Gasteiger partial charge >= 0.3 is 0 Å². The van der Waals surface area contributed by atoms with Crippen LogP contribution in [0.2, 0.25) is 0 Å². The smallest absolute Gasteiger partial charge is 0.135 e. The molecule has 24 heavy (non-hydrogen) atoms. The van der Waals surface area contributed by atoms with Crippen LogP contribution in [0.1, 0.15) is 0 Å². The lowest BCUT2D eigenvalue weighted by atomic mass is 10.2. The van der Waals surface area contributed by atoms with Crippen LogP contribution in [0, 0.1) is 0 Å². The zero-order chi connectivity index (χ0) is 16.4. The number of nitrogens with one attached hydrogen (secondary N) is 1. The third-order valence-corrected chi connectivity index (χ3v) is 4.38. The van der Waals surface area contributed by atoms with Gasteiger partial charge in [0.1, 0.15) is 18.0 Å². The lowest BCUT2D eigenvalue weighted by molar-refractivity contribution is 0.312. The molecule has 1 N–H and O–H groups in total. The molecular formula is C18H20N6. The van der Waals surface area contributed by atoms with Crippen LogP contribution in [0.15, 0.2) is 48.9 Å². The van der Waals surface area contributed by atoms with Crippen LogP contribution in [0.4, 0.5) is 17.3 Å². The van der Waals surface area contributed by atoms with Crippen LogP contribution in [-0.2, 0) is 0 Å². The Balaban J connectivity index is 1.59. The second-order valence-electron chi connectivity index (χ2n) is 6.06. The molecule has 3 aromatic rings. The summed E-state index contributed by atoms with van der Waals surface area (Å²) in [7, 11) is 2.15. The van der Waals surface area contributed by atoms with Gasteiger partial charge < -0.3 is 15.1 Å². The van der Waals surface area contributed by atoms with Gasteiger partial charge in [0.25, 0.3) is 0 Å². The minimum atomic E-state index is 0.789. The molecule has 0 unspecified atom stereocenters. The third-order valence-electron chi connectivity index (χ3n) is 4.38. The highest BCUT2D eigenvalue weighted by molar-refractivity contribution is 5.91. The summed E-state index contributed by atoms with van der Waals surface area (Å²) in [4.78, 5) is 17.9. The maximum absolute atomic E-state index is 4.48. The molecule has 0 amide bonds. The maximum Gasteiger partial charge on any atom is 0.135 e. The van der Waals surface area contributed by atoms with Crippen LogP contribution in [0.5, 0.6) is 0 Å². The fourth-order valence-electron chi connectivity index (χ4n) is 2.97. The zero-order valence-electron chi connectivity index (χ0n) is 13.7. The Bertz CT molecular complexity index is 836. The number of piperazine rings is 1. The first-order valence-electron chi connectivity index (χ1n) is 8.16. The van der Waals surface area contributed by atoms with E-state index in [1.807, 2.05) is 30.5 Å². The van der Waals surface area contributed by atoms with Gasteiger partial charge in [0.05, 0.1) is 11.2 Å². The second-order valence-corrected chi connectivity index (χ2v) is 6.06. The SMILES string of the molecule is CN1CCN(c2cc(Nc3cccc4cccnc34)ncn2)CC1. The van der Waals surface area contributed by atoms with E-state index < -0.39 is 0 Å². The average molecular weight is 320 g/mol. The van der Waals surface area contributed by atoms with Crippen molar-refractivity contribution in [1.82, 2.24) is 19.9 Å². The number of fused-ring (bicyclic) bond motifs is 1. The van der Waals surface area contributed by atoms with Gasteiger partial charge in [-0.3, -0.25) is 4.98 Å². The number of para-hydroxylation sites is 1. The second kappa shape index (κ2) is 6.41. The lowest BCUT2D eigenvalue weighted by Crippen LogP contribution is -2.44. The van der Waals surface area contributed by atoms with Gasteiger partial charge in [0, 0.05) is 43.8 Å². The Morgan fingerprint density at radius 2 is 1.79 bits per heavy atom. The van der Waals surface area contributed by atoms with Crippen molar-refractivity contribution in [3.05, 3.63) is 48.9 Å². The van der Waals surface area contributed by atoms with Gasteiger partial charge in [-0.2, -0.15) is 0 Å². The molecule has 1 fully saturated rings. The van der Waals surface area contributed by atoms with Crippen molar-refractivity contribution < 1.29 is 0 Å². The van der Waals surface area contributed by atoms with Crippen LogP contribution in [-0.4, -0.2) is 53.1 Å². The van der Waals surface area contributed by atoms with Gasteiger partial charge in [-0.1, -0.05) is 18.2 Å². The zero-order valence-corrected chi connectivity index (χ0v) is 13.7. The van der Waals surface area contributed by atoms with Crippen LogP contribution < -0.4 is 10.2 Å². The predicted octanol–water partition coefficient (Wildman–Crippen LogP) is 2.52. The number of aromatic nitrogens is 3. The quantitative estimate of drug-likeness (QED) is 0.800. The molecule has 4 rings (SSSR count). The minimum Gasteiger partial charge on any atom is -0.354 e.